The maximum atomic E-state index is 12.5. The molecule has 6 nitrogen and oxygen atoms in total. The Morgan fingerprint density at radius 2 is 1.79 bits per heavy atom. The molecule has 0 aliphatic rings. The van der Waals surface area contributed by atoms with Crippen molar-refractivity contribution in [3.8, 4) is 5.75 Å². The van der Waals surface area contributed by atoms with E-state index < -0.39 is 11.9 Å². The van der Waals surface area contributed by atoms with Crippen molar-refractivity contribution in [1.82, 2.24) is 4.98 Å². The van der Waals surface area contributed by atoms with Crippen molar-refractivity contribution in [2.24, 2.45) is 0 Å². The summed E-state index contributed by atoms with van der Waals surface area (Å²) in [6, 6.07) is 14.9. The fourth-order valence-electron chi connectivity index (χ4n) is 3.06. The molecule has 0 fully saturated rings. The fourth-order valence-corrected chi connectivity index (χ4v) is 3.06. The molecule has 0 aliphatic carbocycles. The lowest BCUT2D eigenvalue weighted by atomic mass is 10.0. The van der Waals surface area contributed by atoms with E-state index in [2.05, 4.69) is 4.98 Å². The number of esters is 2. The summed E-state index contributed by atoms with van der Waals surface area (Å²) in [7, 11) is 0. The number of hydrogen-bond donors (Lipinski definition) is 0. The number of rotatable bonds is 7. The molecule has 3 aromatic rings. The van der Waals surface area contributed by atoms with E-state index in [0.717, 1.165) is 22.0 Å². The lowest BCUT2D eigenvalue weighted by Gasteiger charge is -2.14. The van der Waals surface area contributed by atoms with Gasteiger partial charge >= 0.3 is 11.9 Å². The van der Waals surface area contributed by atoms with Crippen molar-refractivity contribution >= 4 is 22.8 Å². The number of aromatic nitrogens is 1. The van der Waals surface area contributed by atoms with Gasteiger partial charge in [0.25, 0.3) is 0 Å². The first-order valence-electron chi connectivity index (χ1n) is 9.40. The highest BCUT2D eigenvalue weighted by Crippen LogP contribution is 2.24. The van der Waals surface area contributed by atoms with Crippen molar-refractivity contribution in [3.63, 3.8) is 0 Å². The molecule has 29 heavy (non-hydrogen) atoms. The number of carbonyl (C=O) groups excluding carboxylic acids is 2. The zero-order chi connectivity index (χ0) is 20.8. The van der Waals surface area contributed by atoms with E-state index in [1.54, 1.807) is 13.0 Å². The summed E-state index contributed by atoms with van der Waals surface area (Å²) in [6.07, 6.45) is 0. The molecule has 0 radical (unpaired) electrons. The van der Waals surface area contributed by atoms with Gasteiger partial charge in [-0.25, -0.2) is 14.6 Å². The Bertz CT molecular complexity index is 1040. The number of carbonyl (C=O) groups is 2. The van der Waals surface area contributed by atoms with Crippen LogP contribution in [0.5, 0.6) is 5.75 Å². The Labute approximate surface area is 169 Å². The average Bonchev–Trinajstić information content (AvgIpc) is 2.71. The summed E-state index contributed by atoms with van der Waals surface area (Å²) in [6.45, 7) is 5.39. The van der Waals surface area contributed by atoms with Gasteiger partial charge < -0.3 is 14.2 Å². The van der Waals surface area contributed by atoms with Crippen LogP contribution in [-0.4, -0.2) is 30.1 Å². The van der Waals surface area contributed by atoms with Crippen LogP contribution < -0.4 is 4.74 Å². The molecule has 0 N–H and O–H groups in total. The standard InChI is InChI=1S/C23H23NO5/c1-4-27-23(26)22-16(3)18-10-5-6-11-19(18)24-20(22)13-29-21(25)14-28-17-9-7-8-15(2)12-17/h5-12H,4,13-14H2,1-3H3. The molecule has 0 saturated carbocycles. The van der Waals surface area contributed by atoms with Crippen molar-refractivity contribution < 1.29 is 23.8 Å². The lowest BCUT2D eigenvalue weighted by molar-refractivity contribution is -0.147. The van der Waals surface area contributed by atoms with Gasteiger partial charge in [0.2, 0.25) is 0 Å². The molecule has 0 amide bonds. The molecule has 1 heterocycles. The first kappa shape index (κ1) is 20.3. The Morgan fingerprint density at radius 3 is 2.55 bits per heavy atom. The Balaban J connectivity index is 1.76. The predicted molar refractivity (Wildman–Crippen MR) is 109 cm³/mol. The normalized spacial score (nSPS) is 10.6. The van der Waals surface area contributed by atoms with Gasteiger partial charge in [0.15, 0.2) is 6.61 Å². The second kappa shape index (κ2) is 9.19. The molecule has 0 bridgehead atoms. The van der Waals surface area contributed by atoms with Gasteiger partial charge in [0, 0.05) is 5.39 Å². The molecule has 150 valence electrons. The monoisotopic (exact) mass is 393 g/mol. The number of fused-ring (bicyclic) bond motifs is 1. The van der Waals surface area contributed by atoms with Crippen LogP contribution in [0.25, 0.3) is 10.9 Å². The summed E-state index contributed by atoms with van der Waals surface area (Å²) in [5, 5.41) is 0.855. The number of pyridine rings is 1. The minimum absolute atomic E-state index is 0.143. The van der Waals surface area contributed by atoms with E-state index in [4.69, 9.17) is 14.2 Å². The highest BCUT2D eigenvalue weighted by molar-refractivity contribution is 5.98. The van der Waals surface area contributed by atoms with Crippen molar-refractivity contribution in [2.45, 2.75) is 27.4 Å². The first-order valence-corrected chi connectivity index (χ1v) is 9.40. The minimum Gasteiger partial charge on any atom is -0.482 e. The molecule has 0 atom stereocenters. The predicted octanol–water partition coefficient (Wildman–Crippen LogP) is 4.15. The van der Waals surface area contributed by atoms with Gasteiger partial charge in [-0.3, -0.25) is 0 Å². The summed E-state index contributed by atoms with van der Waals surface area (Å²) in [4.78, 5) is 29.2. The second-order valence-corrected chi connectivity index (χ2v) is 6.56. The van der Waals surface area contributed by atoms with E-state index in [-0.39, 0.29) is 19.8 Å². The SMILES string of the molecule is CCOC(=O)c1c(COC(=O)COc2cccc(C)c2)nc2ccccc2c1C. The first-order chi connectivity index (χ1) is 14.0. The van der Waals surface area contributed by atoms with E-state index in [0.29, 0.717) is 17.0 Å². The van der Waals surface area contributed by atoms with Crippen LogP contribution in [-0.2, 0) is 20.9 Å². The largest absolute Gasteiger partial charge is 0.482 e. The van der Waals surface area contributed by atoms with Crippen molar-refractivity contribution in [2.75, 3.05) is 13.2 Å². The second-order valence-electron chi connectivity index (χ2n) is 6.56. The molecule has 0 unspecified atom stereocenters. The third-order valence-electron chi connectivity index (χ3n) is 4.42. The van der Waals surface area contributed by atoms with Crippen LogP contribution in [0.15, 0.2) is 48.5 Å². The number of hydrogen-bond acceptors (Lipinski definition) is 6. The Hall–Kier alpha value is -3.41. The molecule has 0 aliphatic heterocycles. The maximum Gasteiger partial charge on any atom is 0.344 e. The van der Waals surface area contributed by atoms with E-state index in [1.807, 2.05) is 56.3 Å². The van der Waals surface area contributed by atoms with Gasteiger partial charge in [-0.15, -0.1) is 0 Å². The summed E-state index contributed by atoms with van der Waals surface area (Å²) < 4.78 is 16.0. The highest BCUT2D eigenvalue weighted by Gasteiger charge is 2.21. The smallest absolute Gasteiger partial charge is 0.344 e. The third kappa shape index (κ3) is 4.90. The summed E-state index contributed by atoms with van der Waals surface area (Å²) >= 11 is 0. The number of nitrogens with zero attached hydrogens (tertiary/aromatic N) is 1. The lowest BCUT2D eigenvalue weighted by Crippen LogP contribution is -2.18. The molecule has 0 spiro atoms. The van der Waals surface area contributed by atoms with Crippen molar-refractivity contribution in [3.05, 3.63) is 70.9 Å². The van der Waals surface area contributed by atoms with Gasteiger partial charge in [-0.2, -0.15) is 0 Å². The number of benzene rings is 2. The minimum atomic E-state index is -0.547. The Morgan fingerprint density at radius 1 is 1.00 bits per heavy atom. The average molecular weight is 393 g/mol. The fraction of sp³-hybridized carbons (Fsp3) is 0.261. The van der Waals surface area contributed by atoms with Crippen LogP contribution in [0.1, 0.15) is 34.1 Å². The highest BCUT2D eigenvalue weighted by atomic mass is 16.6. The zero-order valence-electron chi connectivity index (χ0n) is 16.7. The van der Waals surface area contributed by atoms with E-state index in [1.165, 1.54) is 0 Å². The van der Waals surface area contributed by atoms with Crippen molar-refractivity contribution in [1.29, 1.82) is 0 Å². The van der Waals surface area contributed by atoms with Crippen LogP contribution in [0.3, 0.4) is 0 Å². The topological polar surface area (TPSA) is 74.7 Å². The Kier molecular flexibility index (Phi) is 6.44. The molecule has 1 aromatic heterocycles. The molecular weight excluding hydrogens is 370 g/mol. The van der Waals surface area contributed by atoms with Gasteiger partial charge in [0.1, 0.15) is 12.4 Å². The van der Waals surface area contributed by atoms with Crippen LogP contribution >= 0.6 is 0 Å². The summed E-state index contributed by atoms with van der Waals surface area (Å²) in [5.74, 6) is -0.437. The number of ether oxygens (including phenoxy) is 3. The quantitative estimate of drug-likeness (QED) is 0.562. The van der Waals surface area contributed by atoms with Gasteiger partial charge in [-0.05, 0) is 50.1 Å². The van der Waals surface area contributed by atoms with E-state index in [9.17, 15) is 9.59 Å². The molecule has 2 aromatic carbocycles. The van der Waals surface area contributed by atoms with Crippen LogP contribution in [0.2, 0.25) is 0 Å². The maximum absolute atomic E-state index is 12.5. The third-order valence-corrected chi connectivity index (χ3v) is 4.42. The van der Waals surface area contributed by atoms with Gasteiger partial charge in [0.05, 0.1) is 23.4 Å². The zero-order valence-corrected chi connectivity index (χ0v) is 16.7. The molecular formula is C23H23NO5. The molecule has 3 rings (SSSR count). The number of para-hydroxylation sites is 1. The van der Waals surface area contributed by atoms with Gasteiger partial charge in [-0.1, -0.05) is 30.3 Å². The van der Waals surface area contributed by atoms with Crippen LogP contribution in [0.4, 0.5) is 0 Å². The summed E-state index contributed by atoms with van der Waals surface area (Å²) in [5.41, 5.74) is 3.20. The molecule has 0 saturated heterocycles. The number of aryl methyl sites for hydroxylation is 2. The van der Waals surface area contributed by atoms with E-state index >= 15 is 0 Å². The van der Waals surface area contributed by atoms with Crippen LogP contribution in [0, 0.1) is 13.8 Å². The molecule has 6 heteroatoms.